The Balaban J connectivity index is 1.87. The molecule has 4 heteroatoms. The van der Waals surface area contributed by atoms with E-state index in [2.05, 4.69) is 24.1 Å². The number of nitrogens with one attached hydrogen (secondary N) is 1. The van der Waals surface area contributed by atoms with Crippen LogP contribution in [0.3, 0.4) is 0 Å². The number of nitrogens with zero attached hydrogens (tertiary/aromatic N) is 1. The van der Waals surface area contributed by atoms with Crippen molar-refractivity contribution in [1.82, 2.24) is 10.3 Å². The minimum Gasteiger partial charge on any atom is -0.392 e. The van der Waals surface area contributed by atoms with E-state index in [1.165, 1.54) is 17.7 Å². The predicted molar refractivity (Wildman–Crippen MR) is 66.7 cm³/mol. The van der Waals surface area contributed by atoms with Gasteiger partial charge in [0.1, 0.15) is 0 Å². The molecule has 1 heterocycles. The van der Waals surface area contributed by atoms with E-state index in [9.17, 15) is 5.11 Å². The number of aliphatic hydroxyl groups is 1. The molecule has 1 aromatic heterocycles. The normalized spacial score (nSPS) is 19.8. The standard InChI is InChI=1S/C12H20N2OS/c1-7(12-8(2)16-9(3)14-12)13-6-11(15)10-4-5-10/h7,10-11,13,15H,4-6H2,1-3H3. The quantitative estimate of drug-likeness (QED) is 0.829. The molecule has 2 rings (SSSR count). The van der Waals surface area contributed by atoms with Crippen LogP contribution in [0.4, 0.5) is 0 Å². The van der Waals surface area contributed by atoms with Gasteiger partial charge in [0, 0.05) is 17.5 Å². The van der Waals surface area contributed by atoms with Gasteiger partial charge in [0.25, 0.3) is 0 Å². The molecule has 1 aromatic rings. The second-order valence-corrected chi connectivity index (χ2v) is 6.12. The van der Waals surface area contributed by atoms with Gasteiger partial charge in [-0.1, -0.05) is 0 Å². The molecule has 0 amide bonds. The molecule has 2 atom stereocenters. The summed E-state index contributed by atoms with van der Waals surface area (Å²) in [6.07, 6.45) is 2.19. The summed E-state index contributed by atoms with van der Waals surface area (Å²) in [5.74, 6) is 0.540. The first-order valence-corrected chi connectivity index (χ1v) is 6.75. The molecule has 16 heavy (non-hydrogen) atoms. The van der Waals surface area contributed by atoms with Crippen molar-refractivity contribution in [2.45, 2.75) is 45.8 Å². The van der Waals surface area contributed by atoms with E-state index in [1.807, 2.05) is 6.92 Å². The summed E-state index contributed by atoms with van der Waals surface area (Å²) in [5, 5.41) is 14.3. The average Bonchev–Trinajstić information content (AvgIpc) is 3.01. The average molecular weight is 240 g/mol. The summed E-state index contributed by atoms with van der Waals surface area (Å²) in [6, 6.07) is 0.235. The Hall–Kier alpha value is -0.450. The van der Waals surface area contributed by atoms with E-state index >= 15 is 0 Å². The van der Waals surface area contributed by atoms with Gasteiger partial charge in [-0.25, -0.2) is 4.98 Å². The summed E-state index contributed by atoms with van der Waals surface area (Å²) >= 11 is 1.74. The van der Waals surface area contributed by atoms with Crippen LogP contribution in [-0.2, 0) is 0 Å². The maximum atomic E-state index is 9.78. The number of aromatic nitrogens is 1. The smallest absolute Gasteiger partial charge is 0.0900 e. The molecule has 1 aliphatic carbocycles. The Morgan fingerprint density at radius 1 is 1.50 bits per heavy atom. The highest BCUT2D eigenvalue weighted by molar-refractivity contribution is 7.11. The Labute approximate surface area is 101 Å². The van der Waals surface area contributed by atoms with Crippen LogP contribution in [0.5, 0.6) is 0 Å². The lowest BCUT2D eigenvalue weighted by Crippen LogP contribution is -2.30. The summed E-state index contributed by atoms with van der Waals surface area (Å²) < 4.78 is 0. The Morgan fingerprint density at radius 3 is 2.69 bits per heavy atom. The van der Waals surface area contributed by atoms with Crippen molar-refractivity contribution in [3.05, 3.63) is 15.6 Å². The Kier molecular flexibility index (Phi) is 3.62. The zero-order valence-electron chi connectivity index (χ0n) is 10.2. The first kappa shape index (κ1) is 12.0. The van der Waals surface area contributed by atoms with Crippen molar-refractivity contribution in [2.75, 3.05) is 6.54 Å². The van der Waals surface area contributed by atoms with Crippen molar-refractivity contribution in [3.63, 3.8) is 0 Å². The predicted octanol–water partition coefficient (Wildman–Crippen LogP) is 2.18. The lowest BCUT2D eigenvalue weighted by molar-refractivity contribution is 0.145. The van der Waals surface area contributed by atoms with Crippen LogP contribution in [0.25, 0.3) is 0 Å². The van der Waals surface area contributed by atoms with Crippen LogP contribution in [0.1, 0.15) is 41.4 Å². The third kappa shape index (κ3) is 2.81. The van der Waals surface area contributed by atoms with E-state index in [1.54, 1.807) is 11.3 Å². The molecule has 2 N–H and O–H groups in total. The lowest BCUT2D eigenvalue weighted by Gasteiger charge is -2.16. The summed E-state index contributed by atoms with van der Waals surface area (Å²) in [4.78, 5) is 5.80. The van der Waals surface area contributed by atoms with Crippen molar-refractivity contribution in [3.8, 4) is 0 Å². The molecule has 1 fully saturated rings. The molecular formula is C12H20N2OS. The highest BCUT2D eigenvalue weighted by Gasteiger charge is 2.29. The first-order chi connectivity index (χ1) is 7.58. The molecule has 90 valence electrons. The molecule has 0 spiro atoms. The molecule has 3 nitrogen and oxygen atoms in total. The minimum atomic E-state index is -0.178. The van der Waals surface area contributed by atoms with E-state index in [4.69, 9.17) is 0 Å². The van der Waals surface area contributed by atoms with Gasteiger partial charge in [-0.2, -0.15) is 0 Å². The number of aryl methyl sites for hydroxylation is 2. The van der Waals surface area contributed by atoms with Crippen molar-refractivity contribution < 1.29 is 5.11 Å². The molecule has 0 bridgehead atoms. The second-order valence-electron chi connectivity index (χ2n) is 4.71. The molecule has 0 saturated heterocycles. The fraction of sp³-hybridized carbons (Fsp3) is 0.750. The minimum absolute atomic E-state index is 0.178. The van der Waals surface area contributed by atoms with Gasteiger partial charge in [-0.3, -0.25) is 0 Å². The van der Waals surface area contributed by atoms with E-state index in [-0.39, 0.29) is 12.1 Å². The van der Waals surface area contributed by atoms with Crippen molar-refractivity contribution in [2.24, 2.45) is 5.92 Å². The number of hydrogen-bond donors (Lipinski definition) is 2. The van der Waals surface area contributed by atoms with Crippen LogP contribution in [0, 0.1) is 19.8 Å². The molecule has 2 unspecified atom stereocenters. The topological polar surface area (TPSA) is 45.2 Å². The molecular weight excluding hydrogens is 220 g/mol. The third-order valence-corrected chi connectivity index (χ3v) is 4.05. The number of hydrogen-bond acceptors (Lipinski definition) is 4. The number of aliphatic hydroxyl groups excluding tert-OH is 1. The van der Waals surface area contributed by atoms with Gasteiger partial charge < -0.3 is 10.4 Å². The third-order valence-electron chi connectivity index (χ3n) is 3.15. The van der Waals surface area contributed by atoms with E-state index in [0.717, 1.165) is 10.7 Å². The second kappa shape index (κ2) is 4.82. The monoisotopic (exact) mass is 240 g/mol. The van der Waals surface area contributed by atoms with Crippen LogP contribution in [0.2, 0.25) is 0 Å². The van der Waals surface area contributed by atoms with Crippen molar-refractivity contribution >= 4 is 11.3 Å². The molecule has 1 aliphatic rings. The van der Waals surface area contributed by atoms with Crippen LogP contribution in [-0.4, -0.2) is 22.7 Å². The number of rotatable bonds is 5. The Bertz CT molecular complexity index is 360. The van der Waals surface area contributed by atoms with Gasteiger partial charge >= 0.3 is 0 Å². The molecule has 0 radical (unpaired) electrons. The molecule has 0 aromatic carbocycles. The molecule has 1 saturated carbocycles. The molecule has 0 aliphatic heterocycles. The van der Waals surface area contributed by atoms with Crippen LogP contribution >= 0.6 is 11.3 Å². The first-order valence-electron chi connectivity index (χ1n) is 5.93. The SMILES string of the molecule is Cc1nc(C(C)NCC(O)C2CC2)c(C)s1. The van der Waals surface area contributed by atoms with Gasteiger partial charge in [0.2, 0.25) is 0 Å². The number of thiazole rings is 1. The zero-order chi connectivity index (χ0) is 11.7. The fourth-order valence-corrected chi connectivity index (χ4v) is 2.90. The highest BCUT2D eigenvalue weighted by atomic mass is 32.1. The van der Waals surface area contributed by atoms with E-state index < -0.39 is 0 Å². The fourth-order valence-electron chi connectivity index (χ4n) is 1.99. The maximum absolute atomic E-state index is 9.78. The van der Waals surface area contributed by atoms with Crippen molar-refractivity contribution in [1.29, 1.82) is 0 Å². The summed E-state index contributed by atoms with van der Waals surface area (Å²) in [7, 11) is 0. The van der Waals surface area contributed by atoms with Gasteiger partial charge in [0.05, 0.1) is 16.8 Å². The Morgan fingerprint density at radius 2 is 2.19 bits per heavy atom. The van der Waals surface area contributed by atoms with Gasteiger partial charge in [-0.15, -0.1) is 11.3 Å². The van der Waals surface area contributed by atoms with Gasteiger partial charge in [-0.05, 0) is 39.5 Å². The van der Waals surface area contributed by atoms with E-state index in [0.29, 0.717) is 12.5 Å². The lowest BCUT2D eigenvalue weighted by atomic mass is 10.2. The maximum Gasteiger partial charge on any atom is 0.0900 e. The van der Waals surface area contributed by atoms with Crippen LogP contribution in [0.15, 0.2) is 0 Å². The highest BCUT2D eigenvalue weighted by Crippen LogP contribution is 2.32. The summed E-state index contributed by atoms with van der Waals surface area (Å²) in [5.41, 5.74) is 1.13. The zero-order valence-corrected chi connectivity index (χ0v) is 11.0. The largest absolute Gasteiger partial charge is 0.392 e. The van der Waals surface area contributed by atoms with Gasteiger partial charge in [0.15, 0.2) is 0 Å². The summed E-state index contributed by atoms with van der Waals surface area (Å²) in [6.45, 7) is 6.94. The van der Waals surface area contributed by atoms with Crippen LogP contribution < -0.4 is 5.32 Å².